The van der Waals surface area contributed by atoms with Crippen LogP contribution in [-0.2, 0) is 5.41 Å². The lowest BCUT2D eigenvalue weighted by Crippen LogP contribution is -2.17. The summed E-state index contributed by atoms with van der Waals surface area (Å²) in [5.74, 6) is -0.396. The van der Waals surface area contributed by atoms with Gasteiger partial charge in [-0.3, -0.25) is 0 Å². The van der Waals surface area contributed by atoms with Crippen LogP contribution in [0.3, 0.4) is 0 Å². The second-order valence-corrected chi connectivity index (χ2v) is 4.18. The average molecular weight is 182 g/mol. The molecule has 0 aliphatic heterocycles. The van der Waals surface area contributed by atoms with Gasteiger partial charge in [-0.1, -0.05) is 20.8 Å². The van der Waals surface area contributed by atoms with Crippen molar-refractivity contribution in [1.29, 1.82) is 0 Å². The predicted molar refractivity (Wildman–Crippen MR) is 53.9 cm³/mol. The molecule has 0 saturated carbocycles. The van der Waals surface area contributed by atoms with Gasteiger partial charge in [0.05, 0.1) is 5.69 Å². The van der Waals surface area contributed by atoms with Crippen molar-refractivity contribution in [1.82, 2.24) is 0 Å². The Kier molecular flexibility index (Phi) is 2.20. The van der Waals surface area contributed by atoms with Crippen LogP contribution in [0.5, 0.6) is 0 Å². The highest BCUT2D eigenvalue weighted by Gasteiger charge is 2.22. The van der Waals surface area contributed by atoms with E-state index < -0.39 is 5.82 Å². The molecule has 1 aromatic rings. The highest BCUT2D eigenvalue weighted by molar-refractivity contribution is 5.58. The second-order valence-electron chi connectivity index (χ2n) is 4.18. The first-order valence-corrected chi connectivity index (χ1v) is 4.18. The van der Waals surface area contributed by atoms with E-state index in [-0.39, 0.29) is 11.1 Å². The van der Waals surface area contributed by atoms with Gasteiger partial charge < -0.3 is 11.5 Å². The Bertz CT molecular complexity index is 326. The summed E-state index contributed by atoms with van der Waals surface area (Å²) in [6.07, 6.45) is 0. The van der Waals surface area contributed by atoms with E-state index in [1.165, 1.54) is 6.07 Å². The maximum absolute atomic E-state index is 13.6. The molecule has 2 nitrogen and oxygen atoms in total. The molecule has 0 spiro atoms. The summed E-state index contributed by atoms with van der Waals surface area (Å²) < 4.78 is 13.6. The van der Waals surface area contributed by atoms with Crippen LogP contribution in [-0.4, -0.2) is 0 Å². The van der Waals surface area contributed by atoms with Crippen LogP contribution in [0.25, 0.3) is 0 Å². The molecular formula is C10H15FN2. The SMILES string of the molecule is CC(C)(C)c1c(N)ccc(N)c1F. The zero-order valence-corrected chi connectivity index (χ0v) is 8.19. The zero-order chi connectivity index (χ0) is 10.2. The standard InChI is InChI=1S/C10H15FN2/c1-10(2,3)8-6(12)4-5-7(13)9(8)11/h4-5H,12-13H2,1-3H3. The van der Waals surface area contributed by atoms with E-state index in [1.54, 1.807) is 6.07 Å². The molecule has 0 heterocycles. The minimum atomic E-state index is -0.396. The number of nitrogen functional groups attached to an aromatic ring is 2. The number of rotatable bonds is 0. The van der Waals surface area contributed by atoms with E-state index in [0.717, 1.165) is 0 Å². The molecule has 13 heavy (non-hydrogen) atoms. The maximum atomic E-state index is 13.6. The first-order chi connectivity index (χ1) is 5.84. The summed E-state index contributed by atoms with van der Waals surface area (Å²) >= 11 is 0. The van der Waals surface area contributed by atoms with Crippen LogP contribution in [0.4, 0.5) is 15.8 Å². The van der Waals surface area contributed by atoms with Gasteiger partial charge in [-0.2, -0.15) is 0 Å². The third-order valence-corrected chi connectivity index (χ3v) is 1.95. The molecule has 0 aliphatic carbocycles. The lowest BCUT2D eigenvalue weighted by Gasteiger charge is -2.22. The number of hydrogen-bond donors (Lipinski definition) is 2. The highest BCUT2D eigenvalue weighted by atomic mass is 19.1. The van der Waals surface area contributed by atoms with Gasteiger partial charge in [-0.15, -0.1) is 0 Å². The molecule has 0 aromatic heterocycles. The van der Waals surface area contributed by atoms with E-state index in [1.807, 2.05) is 20.8 Å². The van der Waals surface area contributed by atoms with Gasteiger partial charge in [0, 0.05) is 11.3 Å². The minimum absolute atomic E-state index is 0.152. The monoisotopic (exact) mass is 182 g/mol. The van der Waals surface area contributed by atoms with Gasteiger partial charge in [-0.25, -0.2) is 4.39 Å². The van der Waals surface area contributed by atoms with Crippen molar-refractivity contribution in [3.63, 3.8) is 0 Å². The third kappa shape index (κ3) is 1.74. The topological polar surface area (TPSA) is 52.0 Å². The first kappa shape index (κ1) is 9.84. The Morgan fingerprint density at radius 1 is 1.08 bits per heavy atom. The molecule has 1 aromatic carbocycles. The van der Waals surface area contributed by atoms with Crippen molar-refractivity contribution in [3.8, 4) is 0 Å². The Morgan fingerprint density at radius 2 is 1.54 bits per heavy atom. The van der Waals surface area contributed by atoms with Crippen LogP contribution < -0.4 is 11.5 Å². The molecule has 0 saturated heterocycles. The van der Waals surface area contributed by atoms with Crippen molar-refractivity contribution in [2.75, 3.05) is 11.5 Å². The summed E-state index contributed by atoms with van der Waals surface area (Å²) in [5.41, 5.74) is 11.9. The van der Waals surface area contributed by atoms with Crippen molar-refractivity contribution in [2.24, 2.45) is 0 Å². The number of benzene rings is 1. The lowest BCUT2D eigenvalue weighted by atomic mass is 9.85. The molecule has 0 atom stereocenters. The van der Waals surface area contributed by atoms with E-state index in [0.29, 0.717) is 11.3 Å². The Morgan fingerprint density at radius 3 is 1.92 bits per heavy atom. The maximum Gasteiger partial charge on any atom is 0.151 e. The fraction of sp³-hybridized carbons (Fsp3) is 0.400. The molecule has 3 heteroatoms. The normalized spacial score (nSPS) is 11.7. The number of nitrogens with two attached hydrogens (primary N) is 2. The molecule has 4 N–H and O–H groups in total. The van der Waals surface area contributed by atoms with Gasteiger partial charge in [0.1, 0.15) is 0 Å². The van der Waals surface area contributed by atoms with E-state index in [9.17, 15) is 4.39 Å². The van der Waals surface area contributed by atoms with Gasteiger partial charge in [-0.05, 0) is 17.5 Å². The lowest BCUT2D eigenvalue weighted by molar-refractivity contribution is 0.528. The Hall–Kier alpha value is -1.25. The summed E-state index contributed by atoms with van der Waals surface area (Å²) in [7, 11) is 0. The van der Waals surface area contributed by atoms with Gasteiger partial charge >= 0.3 is 0 Å². The molecule has 0 radical (unpaired) electrons. The van der Waals surface area contributed by atoms with E-state index in [2.05, 4.69) is 0 Å². The Labute approximate surface area is 77.7 Å². The minimum Gasteiger partial charge on any atom is -0.398 e. The quantitative estimate of drug-likeness (QED) is 0.605. The number of anilines is 2. The van der Waals surface area contributed by atoms with Crippen molar-refractivity contribution >= 4 is 11.4 Å². The Balaban J connectivity index is 3.43. The van der Waals surface area contributed by atoms with Crippen LogP contribution in [0.1, 0.15) is 26.3 Å². The van der Waals surface area contributed by atoms with Crippen LogP contribution in [0, 0.1) is 5.82 Å². The summed E-state index contributed by atoms with van der Waals surface area (Å²) in [6.45, 7) is 5.71. The zero-order valence-electron chi connectivity index (χ0n) is 8.19. The fourth-order valence-corrected chi connectivity index (χ4v) is 1.37. The fourth-order valence-electron chi connectivity index (χ4n) is 1.37. The third-order valence-electron chi connectivity index (χ3n) is 1.95. The molecule has 0 fully saturated rings. The molecule has 1 rings (SSSR count). The summed E-state index contributed by atoms with van der Waals surface area (Å²) in [6, 6.07) is 3.12. The number of hydrogen-bond acceptors (Lipinski definition) is 2. The second kappa shape index (κ2) is 2.91. The van der Waals surface area contributed by atoms with Crippen LogP contribution in [0.15, 0.2) is 12.1 Å². The molecule has 0 bridgehead atoms. The van der Waals surface area contributed by atoms with Crippen molar-refractivity contribution < 1.29 is 4.39 Å². The molecule has 72 valence electrons. The molecule has 0 aliphatic rings. The molecule has 0 unspecified atom stereocenters. The van der Waals surface area contributed by atoms with Gasteiger partial charge in [0.15, 0.2) is 5.82 Å². The smallest absolute Gasteiger partial charge is 0.151 e. The average Bonchev–Trinajstić information content (AvgIpc) is 1.95. The van der Waals surface area contributed by atoms with E-state index in [4.69, 9.17) is 11.5 Å². The first-order valence-electron chi connectivity index (χ1n) is 4.18. The van der Waals surface area contributed by atoms with Crippen LogP contribution >= 0.6 is 0 Å². The van der Waals surface area contributed by atoms with Crippen molar-refractivity contribution in [3.05, 3.63) is 23.5 Å². The predicted octanol–water partition coefficient (Wildman–Crippen LogP) is 2.29. The summed E-state index contributed by atoms with van der Waals surface area (Å²) in [4.78, 5) is 0. The number of halogens is 1. The van der Waals surface area contributed by atoms with E-state index >= 15 is 0 Å². The van der Waals surface area contributed by atoms with Gasteiger partial charge in [0.25, 0.3) is 0 Å². The van der Waals surface area contributed by atoms with Gasteiger partial charge in [0.2, 0.25) is 0 Å². The van der Waals surface area contributed by atoms with Crippen molar-refractivity contribution in [2.45, 2.75) is 26.2 Å². The highest BCUT2D eigenvalue weighted by Crippen LogP contribution is 2.32. The summed E-state index contributed by atoms with van der Waals surface area (Å²) in [5, 5.41) is 0. The molecule has 0 amide bonds. The largest absolute Gasteiger partial charge is 0.398 e. The van der Waals surface area contributed by atoms with Crippen LogP contribution in [0.2, 0.25) is 0 Å². The molecular weight excluding hydrogens is 167 g/mol.